The quantitative estimate of drug-likeness (QED) is 0.368. The number of benzene rings is 1. The van der Waals surface area contributed by atoms with Crippen LogP contribution < -0.4 is 10.9 Å². The largest absolute Gasteiger partial charge is 0.458 e. The minimum atomic E-state index is -1.95. The fourth-order valence-corrected chi connectivity index (χ4v) is 6.35. The second-order valence-corrected chi connectivity index (χ2v) is 10.6. The van der Waals surface area contributed by atoms with E-state index in [4.69, 9.17) is 21.3 Å². The Morgan fingerprint density at radius 1 is 1.29 bits per heavy atom. The molecule has 0 fully saturated rings. The van der Waals surface area contributed by atoms with Gasteiger partial charge >= 0.3 is 5.97 Å². The number of unbranched alkanes of at least 4 members (excludes halogenated alkanes) is 1. The number of aromatic nitrogens is 2. The van der Waals surface area contributed by atoms with E-state index in [1.165, 1.54) is 6.07 Å². The van der Waals surface area contributed by atoms with Gasteiger partial charge < -0.3 is 19.7 Å². The van der Waals surface area contributed by atoms with Gasteiger partial charge in [0.1, 0.15) is 12.4 Å². The van der Waals surface area contributed by atoms with Crippen molar-refractivity contribution in [1.29, 1.82) is 0 Å². The van der Waals surface area contributed by atoms with Crippen LogP contribution in [0.1, 0.15) is 79.8 Å². The van der Waals surface area contributed by atoms with Gasteiger partial charge in [-0.1, -0.05) is 31.9 Å². The first-order valence-corrected chi connectivity index (χ1v) is 13.4. The highest BCUT2D eigenvalue weighted by molar-refractivity contribution is 6.32. The van der Waals surface area contributed by atoms with E-state index in [0.717, 1.165) is 24.0 Å². The summed E-state index contributed by atoms with van der Waals surface area (Å²) in [5, 5.41) is 15.0. The molecule has 1 aromatic carbocycles. The maximum atomic E-state index is 14.8. The van der Waals surface area contributed by atoms with Gasteiger partial charge in [-0.05, 0) is 42.9 Å². The van der Waals surface area contributed by atoms with Gasteiger partial charge in [0.2, 0.25) is 5.91 Å². The first kappa shape index (κ1) is 25.0. The predicted octanol–water partition coefficient (Wildman–Crippen LogP) is 4.17. The van der Waals surface area contributed by atoms with Gasteiger partial charge in [0.15, 0.2) is 5.60 Å². The number of nitrogens with one attached hydrogen (secondary N) is 1. The number of hydrogen-bond acceptors (Lipinski definition) is 6. The number of carbonyl (C=O) groups excluding carboxylic acids is 2. The van der Waals surface area contributed by atoms with Crippen LogP contribution in [0.15, 0.2) is 16.9 Å². The van der Waals surface area contributed by atoms with Crippen molar-refractivity contribution in [2.45, 2.75) is 77.2 Å². The summed E-state index contributed by atoms with van der Waals surface area (Å²) in [7, 11) is 0. The van der Waals surface area contributed by atoms with Crippen LogP contribution in [-0.2, 0) is 39.5 Å². The third kappa shape index (κ3) is 3.44. The highest BCUT2D eigenvalue weighted by Crippen LogP contribution is 2.46. The van der Waals surface area contributed by atoms with E-state index >= 15 is 0 Å². The minimum absolute atomic E-state index is 0.0317. The molecule has 3 aliphatic rings. The van der Waals surface area contributed by atoms with Gasteiger partial charge in [0.05, 0.1) is 40.1 Å². The fraction of sp³-hybridized carbons (Fsp3) is 0.429. The number of ether oxygens (including phenoxy) is 1. The van der Waals surface area contributed by atoms with Crippen molar-refractivity contribution in [3.63, 3.8) is 0 Å². The zero-order valence-electron chi connectivity index (χ0n) is 21.1. The Morgan fingerprint density at radius 3 is 2.82 bits per heavy atom. The number of pyridine rings is 2. The lowest BCUT2D eigenvalue weighted by atomic mass is 9.83. The van der Waals surface area contributed by atoms with Crippen molar-refractivity contribution in [1.82, 2.24) is 14.9 Å². The number of amides is 1. The lowest BCUT2D eigenvalue weighted by molar-refractivity contribution is -0.172. The molecule has 0 unspecified atom stereocenters. The predicted molar refractivity (Wildman–Crippen MR) is 138 cm³/mol. The maximum Gasteiger partial charge on any atom is 0.343 e. The number of hydrogen-bond donors (Lipinski definition) is 2. The molecule has 2 N–H and O–H groups in total. The molecule has 2 aromatic heterocycles. The van der Waals surface area contributed by atoms with Gasteiger partial charge in [-0.2, -0.15) is 0 Å². The molecular formula is C28H27ClFN3O5. The number of cyclic esters (lactones) is 1. The molecule has 8 nitrogen and oxygen atoms in total. The van der Waals surface area contributed by atoms with Crippen molar-refractivity contribution in [3.05, 3.63) is 61.1 Å². The number of aliphatic hydroxyl groups is 1. The molecule has 2 aliphatic heterocycles. The Morgan fingerprint density at radius 2 is 2.08 bits per heavy atom. The van der Waals surface area contributed by atoms with Crippen molar-refractivity contribution in [2.75, 3.05) is 0 Å². The Hall–Kier alpha value is -3.30. The Labute approximate surface area is 222 Å². The second-order valence-electron chi connectivity index (χ2n) is 10.3. The number of aryl methyl sites for hydroxylation is 1. The van der Waals surface area contributed by atoms with Gasteiger partial charge in [0, 0.05) is 29.0 Å². The van der Waals surface area contributed by atoms with Crippen molar-refractivity contribution < 1.29 is 23.8 Å². The number of carbonyl (C=O) groups is 2. The van der Waals surface area contributed by atoms with Crippen LogP contribution >= 0.6 is 11.6 Å². The highest BCUT2D eigenvalue weighted by atomic mass is 35.5. The average Bonchev–Trinajstić information content (AvgIpc) is 3.27. The summed E-state index contributed by atoms with van der Waals surface area (Å²) >= 11 is 6.39. The molecule has 1 aliphatic carbocycles. The monoisotopic (exact) mass is 539 g/mol. The maximum absolute atomic E-state index is 14.8. The lowest BCUT2D eigenvalue weighted by Crippen LogP contribution is -2.44. The zero-order chi connectivity index (χ0) is 26.9. The third-order valence-corrected chi connectivity index (χ3v) is 8.54. The summed E-state index contributed by atoms with van der Waals surface area (Å²) < 4.78 is 21.5. The summed E-state index contributed by atoms with van der Waals surface area (Å²) in [6.45, 7) is 3.62. The Bertz CT molecular complexity index is 1620. The summed E-state index contributed by atoms with van der Waals surface area (Å²) in [6, 6.07) is 2.55. The number of halogens is 2. The number of rotatable bonds is 5. The highest BCUT2D eigenvalue weighted by Gasteiger charge is 2.46. The Kier molecular flexibility index (Phi) is 5.84. The standard InChI is InChI=1S/C28H27ClFN3O5/c1-3-5-6-21(34)31-18-8-7-13-22-19(10-17(30)24(13)29)32-25-14(23(18)22)11-33-20(25)9-16-15(26(33)35)12-38-27(36)28(16,37)4-2/h9-10,18,37H,3-8,11-12H2,1-2H3,(H,31,34)/t18-,28-/m0/s1. The first-order valence-electron chi connectivity index (χ1n) is 13.0. The molecule has 0 radical (unpaired) electrons. The molecule has 2 atom stereocenters. The van der Waals surface area contributed by atoms with E-state index < -0.39 is 17.4 Å². The van der Waals surface area contributed by atoms with Crippen molar-refractivity contribution in [2.24, 2.45) is 0 Å². The van der Waals surface area contributed by atoms with E-state index in [0.29, 0.717) is 47.1 Å². The van der Waals surface area contributed by atoms with Gasteiger partial charge in [-0.15, -0.1) is 0 Å². The Balaban J connectivity index is 1.60. The second kappa shape index (κ2) is 8.88. The van der Waals surface area contributed by atoms with E-state index in [9.17, 15) is 23.9 Å². The molecule has 0 spiro atoms. The normalized spacial score (nSPS) is 21.1. The fourth-order valence-electron chi connectivity index (χ4n) is 6.10. The van der Waals surface area contributed by atoms with Crippen LogP contribution in [0.3, 0.4) is 0 Å². The smallest absolute Gasteiger partial charge is 0.343 e. The number of fused-ring (bicyclic) bond motifs is 5. The van der Waals surface area contributed by atoms with Gasteiger partial charge in [-0.3, -0.25) is 9.59 Å². The van der Waals surface area contributed by atoms with E-state index in [-0.39, 0.29) is 53.2 Å². The lowest BCUT2D eigenvalue weighted by Gasteiger charge is -2.31. The molecule has 0 saturated heterocycles. The van der Waals surface area contributed by atoms with Crippen LogP contribution in [0.25, 0.3) is 22.3 Å². The van der Waals surface area contributed by atoms with Crippen LogP contribution in [0.4, 0.5) is 4.39 Å². The van der Waals surface area contributed by atoms with Crippen LogP contribution in [0.5, 0.6) is 0 Å². The SMILES string of the molecule is CCCCC(=O)N[C@H]1CCc2c(Cl)c(F)cc3nc4c(c1c23)Cn1c-4cc2c(c1=O)COC(=O)[C@]2(O)CC. The number of nitrogens with zero attached hydrogens (tertiary/aromatic N) is 2. The zero-order valence-corrected chi connectivity index (χ0v) is 21.9. The topological polar surface area (TPSA) is 111 Å². The van der Waals surface area contributed by atoms with Crippen molar-refractivity contribution in [3.8, 4) is 11.4 Å². The summed E-state index contributed by atoms with van der Waals surface area (Å²) in [5.74, 6) is -1.45. The molecular weight excluding hydrogens is 513 g/mol. The van der Waals surface area contributed by atoms with Gasteiger partial charge in [-0.25, -0.2) is 14.2 Å². The minimum Gasteiger partial charge on any atom is -0.458 e. The van der Waals surface area contributed by atoms with E-state index in [1.807, 2.05) is 6.92 Å². The van der Waals surface area contributed by atoms with Crippen LogP contribution in [0, 0.1) is 5.82 Å². The molecule has 1 amide bonds. The molecule has 0 saturated carbocycles. The molecule has 4 heterocycles. The summed E-state index contributed by atoms with van der Waals surface area (Å²) in [4.78, 5) is 43.7. The van der Waals surface area contributed by atoms with Crippen LogP contribution in [-0.4, -0.2) is 26.5 Å². The number of esters is 1. The summed E-state index contributed by atoms with van der Waals surface area (Å²) in [6.07, 6.45) is 3.09. The van der Waals surface area contributed by atoms with Crippen LogP contribution in [0.2, 0.25) is 5.02 Å². The molecule has 3 aromatic rings. The average molecular weight is 540 g/mol. The third-order valence-electron chi connectivity index (χ3n) is 8.13. The molecule has 0 bridgehead atoms. The molecule has 6 rings (SSSR count). The molecule has 198 valence electrons. The van der Waals surface area contributed by atoms with Crippen molar-refractivity contribution >= 4 is 34.4 Å². The molecule has 38 heavy (non-hydrogen) atoms. The van der Waals surface area contributed by atoms with Gasteiger partial charge in [0.25, 0.3) is 5.56 Å². The first-order chi connectivity index (χ1) is 18.2. The molecule has 10 heteroatoms. The summed E-state index contributed by atoms with van der Waals surface area (Å²) in [5.41, 5.74) is 1.57. The van der Waals surface area contributed by atoms with E-state index in [2.05, 4.69) is 5.32 Å². The van der Waals surface area contributed by atoms with E-state index in [1.54, 1.807) is 17.6 Å².